The van der Waals surface area contributed by atoms with Gasteiger partial charge in [-0.05, 0) is 19.1 Å². The Hall–Kier alpha value is -1.95. The lowest BCUT2D eigenvalue weighted by atomic mass is 10.2. The zero-order valence-electron chi connectivity index (χ0n) is 13.6. The fourth-order valence-corrected chi connectivity index (χ4v) is 4.23. The van der Waals surface area contributed by atoms with Gasteiger partial charge in [-0.25, -0.2) is 4.68 Å². The summed E-state index contributed by atoms with van der Waals surface area (Å²) in [5.74, 6) is -0.105. The molecule has 23 heavy (non-hydrogen) atoms. The zero-order valence-corrected chi connectivity index (χ0v) is 14.4. The molecule has 1 aliphatic heterocycles. The Morgan fingerprint density at radius 1 is 1.17 bits per heavy atom. The van der Waals surface area contributed by atoms with Crippen LogP contribution in [0.1, 0.15) is 29.9 Å². The first-order chi connectivity index (χ1) is 10.9. The molecule has 6 heteroatoms. The molecule has 2 atom stereocenters. The number of rotatable bonds is 2. The molecule has 2 heterocycles. The predicted molar refractivity (Wildman–Crippen MR) is 93.5 cm³/mol. The molecule has 0 spiro atoms. The van der Waals surface area contributed by atoms with Gasteiger partial charge in [-0.1, -0.05) is 31.5 Å². The minimum absolute atomic E-state index is 0.105. The molecule has 0 saturated carbocycles. The number of aromatic nitrogens is 2. The van der Waals surface area contributed by atoms with Crippen LogP contribution in [-0.2, 0) is 0 Å². The van der Waals surface area contributed by atoms with Gasteiger partial charge in [-0.3, -0.25) is 14.7 Å². The molecule has 0 bridgehead atoms. The minimum atomic E-state index is -0.218. The summed E-state index contributed by atoms with van der Waals surface area (Å²) in [5.41, 5.74) is 1.99. The highest BCUT2D eigenvalue weighted by atomic mass is 32.2. The average Bonchev–Trinajstić information content (AvgIpc) is 2.88. The van der Waals surface area contributed by atoms with Crippen molar-refractivity contribution in [1.82, 2.24) is 14.7 Å². The number of carbonyl (C=O) groups excluding carboxylic acids is 1. The maximum absolute atomic E-state index is 12.7. The summed E-state index contributed by atoms with van der Waals surface area (Å²) in [6.07, 6.45) is 0. The fourth-order valence-electron chi connectivity index (χ4n) is 2.91. The summed E-state index contributed by atoms with van der Waals surface area (Å²) >= 11 is 1.89. The van der Waals surface area contributed by atoms with Gasteiger partial charge in [0, 0.05) is 29.7 Å². The van der Waals surface area contributed by atoms with Crippen molar-refractivity contribution in [1.29, 1.82) is 0 Å². The van der Waals surface area contributed by atoms with Crippen LogP contribution < -0.4 is 5.56 Å². The van der Waals surface area contributed by atoms with E-state index in [9.17, 15) is 9.59 Å². The molecule has 1 aliphatic rings. The van der Waals surface area contributed by atoms with E-state index in [0.717, 1.165) is 11.3 Å². The van der Waals surface area contributed by atoms with Crippen LogP contribution in [0, 0.1) is 6.92 Å². The van der Waals surface area contributed by atoms with E-state index in [1.165, 1.54) is 10.7 Å². The quantitative estimate of drug-likeness (QED) is 0.919. The number of nitrogens with one attached hydrogen (secondary N) is 1. The summed E-state index contributed by atoms with van der Waals surface area (Å²) in [6.45, 7) is 7.67. The van der Waals surface area contributed by atoms with Gasteiger partial charge in [0.15, 0.2) is 0 Å². The van der Waals surface area contributed by atoms with Gasteiger partial charge in [0.1, 0.15) is 5.69 Å². The summed E-state index contributed by atoms with van der Waals surface area (Å²) in [7, 11) is 0. The molecule has 1 saturated heterocycles. The highest BCUT2D eigenvalue weighted by molar-refractivity contribution is 8.00. The first-order valence-corrected chi connectivity index (χ1v) is 8.72. The van der Waals surface area contributed by atoms with Crippen LogP contribution in [0.2, 0.25) is 0 Å². The Bertz CT molecular complexity index is 753. The van der Waals surface area contributed by atoms with Crippen molar-refractivity contribution >= 4 is 17.7 Å². The van der Waals surface area contributed by atoms with E-state index < -0.39 is 0 Å². The maximum atomic E-state index is 12.7. The number of nitrogens with zero attached hydrogens (tertiary/aromatic N) is 2. The van der Waals surface area contributed by atoms with Crippen LogP contribution in [0.25, 0.3) is 5.69 Å². The first-order valence-electron chi connectivity index (χ1n) is 7.78. The van der Waals surface area contributed by atoms with Crippen molar-refractivity contribution in [3.63, 3.8) is 0 Å². The van der Waals surface area contributed by atoms with Crippen molar-refractivity contribution in [2.45, 2.75) is 31.3 Å². The van der Waals surface area contributed by atoms with Crippen LogP contribution in [0.15, 0.2) is 35.1 Å². The highest BCUT2D eigenvalue weighted by Crippen LogP contribution is 2.25. The van der Waals surface area contributed by atoms with Gasteiger partial charge < -0.3 is 4.90 Å². The van der Waals surface area contributed by atoms with Gasteiger partial charge in [0.25, 0.3) is 11.5 Å². The summed E-state index contributed by atoms with van der Waals surface area (Å²) < 4.78 is 1.41. The lowest BCUT2D eigenvalue weighted by Gasteiger charge is -2.34. The summed E-state index contributed by atoms with van der Waals surface area (Å²) in [5, 5.41) is 3.77. The molecule has 0 radical (unpaired) electrons. The van der Waals surface area contributed by atoms with Gasteiger partial charge in [0.2, 0.25) is 0 Å². The van der Waals surface area contributed by atoms with Gasteiger partial charge in [-0.15, -0.1) is 0 Å². The van der Waals surface area contributed by atoms with Gasteiger partial charge in [0.05, 0.1) is 5.69 Å². The number of thioether (sulfide) groups is 1. The SMILES string of the molecule is Cc1ccc(-n2[nH]c(C(=O)N3C[C@@H](C)S[C@@H](C)C3)cc2=O)cc1. The molecule has 1 aromatic heterocycles. The van der Waals surface area contributed by atoms with Crippen LogP contribution in [0.3, 0.4) is 0 Å². The molecule has 5 nitrogen and oxygen atoms in total. The van der Waals surface area contributed by atoms with E-state index in [4.69, 9.17) is 0 Å². The van der Waals surface area contributed by atoms with Crippen molar-refractivity contribution in [3.8, 4) is 5.69 Å². The normalized spacial score (nSPS) is 21.4. The molecule has 0 unspecified atom stereocenters. The molecule has 122 valence electrons. The van der Waals surface area contributed by atoms with E-state index in [1.54, 1.807) is 0 Å². The fraction of sp³-hybridized carbons (Fsp3) is 0.412. The molecule has 3 rings (SSSR count). The zero-order chi connectivity index (χ0) is 16.6. The third-order valence-corrected chi connectivity index (χ3v) is 5.18. The Kier molecular flexibility index (Phi) is 4.35. The standard InChI is InChI=1S/C17H21N3O2S/c1-11-4-6-14(7-5-11)20-16(21)8-15(18-20)17(22)19-9-12(2)23-13(3)10-19/h4-8,12-13,18H,9-10H2,1-3H3/t12-,13+. The summed E-state index contributed by atoms with van der Waals surface area (Å²) in [6, 6.07) is 9.00. The lowest BCUT2D eigenvalue weighted by Crippen LogP contribution is -2.44. The smallest absolute Gasteiger partial charge is 0.272 e. The molecule has 1 aromatic carbocycles. The third-order valence-electron chi connectivity index (χ3n) is 3.95. The molecule has 1 fully saturated rings. The lowest BCUT2D eigenvalue weighted by molar-refractivity contribution is 0.0747. The van der Waals surface area contributed by atoms with E-state index in [0.29, 0.717) is 29.3 Å². The van der Waals surface area contributed by atoms with E-state index in [2.05, 4.69) is 18.9 Å². The molecular formula is C17H21N3O2S. The number of aromatic amines is 1. The topological polar surface area (TPSA) is 58.1 Å². The van der Waals surface area contributed by atoms with Gasteiger partial charge in [-0.2, -0.15) is 11.8 Å². The predicted octanol–water partition coefficient (Wildman–Crippen LogP) is 2.44. The summed E-state index contributed by atoms with van der Waals surface area (Å²) in [4.78, 5) is 26.7. The first kappa shape index (κ1) is 15.9. The Morgan fingerprint density at radius 2 is 1.78 bits per heavy atom. The number of carbonyl (C=O) groups is 1. The molecule has 1 N–H and O–H groups in total. The highest BCUT2D eigenvalue weighted by Gasteiger charge is 2.27. The molecule has 2 aromatic rings. The van der Waals surface area contributed by atoms with Crippen molar-refractivity contribution in [2.75, 3.05) is 13.1 Å². The maximum Gasteiger partial charge on any atom is 0.272 e. The molecule has 0 aliphatic carbocycles. The Balaban J connectivity index is 1.87. The number of amides is 1. The van der Waals surface area contributed by atoms with Crippen LogP contribution in [0.4, 0.5) is 0 Å². The number of benzene rings is 1. The molecular weight excluding hydrogens is 310 g/mol. The van der Waals surface area contributed by atoms with Gasteiger partial charge >= 0.3 is 0 Å². The minimum Gasteiger partial charge on any atom is -0.335 e. The molecule has 1 amide bonds. The van der Waals surface area contributed by atoms with Crippen LogP contribution in [0.5, 0.6) is 0 Å². The van der Waals surface area contributed by atoms with E-state index >= 15 is 0 Å². The number of hydrogen-bond donors (Lipinski definition) is 1. The van der Waals surface area contributed by atoms with Crippen molar-refractivity contribution in [2.24, 2.45) is 0 Å². The second-order valence-electron chi connectivity index (χ2n) is 6.15. The number of H-pyrrole nitrogens is 1. The monoisotopic (exact) mass is 331 g/mol. The van der Waals surface area contributed by atoms with E-state index in [-0.39, 0.29) is 11.5 Å². The third kappa shape index (κ3) is 3.37. The second kappa shape index (κ2) is 6.28. The Morgan fingerprint density at radius 3 is 2.39 bits per heavy atom. The van der Waals surface area contributed by atoms with E-state index in [1.807, 2.05) is 47.9 Å². The second-order valence-corrected chi connectivity index (χ2v) is 8.03. The number of aryl methyl sites for hydroxylation is 1. The Labute approximate surface area is 139 Å². The van der Waals surface area contributed by atoms with Crippen molar-refractivity contribution < 1.29 is 4.79 Å². The van der Waals surface area contributed by atoms with Crippen LogP contribution in [-0.4, -0.2) is 44.2 Å². The van der Waals surface area contributed by atoms with Crippen molar-refractivity contribution in [3.05, 3.63) is 51.9 Å². The van der Waals surface area contributed by atoms with Crippen LogP contribution >= 0.6 is 11.8 Å². The number of hydrogen-bond acceptors (Lipinski definition) is 3. The average molecular weight is 331 g/mol. The largest absolute Gasteiger partial charge is 0.335 e.